The highest BCUT2D eigenvalue weighted by Gasteiger charge is 2.29. The molecule has 0 radical (unpaired) electrons. The van der Waals surface area contributed by atoms with Crippen LogP contribution in [-0.4, -0.2) is 36.7 Å². The van der Waals surface area contributed by atoms with Gasteiger partial charge in [0.25, 0.3) is 5.91 Å². The van der Waals surface area contributed by atoms with Gasteiger partial charge in [0.15, 0.2) is 0 Å². The lowest BCUT2D eigenvalue weighted by atomic mass is 9.94. The van der Waals surface area contributed by atoms with Gasteiger partial charge in [-0.3, -0.25) is 14.3 Å². The van der Waals surface area contributed by atoms with Crippen molar-refractivity contribution >= 4 is 27.6 Å². The Morgan fingerprint density at radius 3 is 2.71 bits per heavy atom. The largest absolute Gasteiger partial charge is 0.465 e. The fourth-order valence-corrected chi connectivity index (χ4v) is 5.29. The van der Waals surface area contributed by atoms with Crippen LogP contribution < -0.4 is 10.0 Å². The van der Waals surface area contributed by atoms with Crippen molar-refractivity contribution < 1.29 is 22.7 Å². The summed E-state index contributed by atoms with van der Waals surface area (Å²) >= 11 is 0. The lowest BCUT2D eigenvalue weighted by Gasteiger charge is -2.24. The molecular weight excluding hydrogens is 456 g/mol. The fourth-order valence-electron chi connectivity index (χ4n) is 4.00. The average molecular weight is 483 g/mol. The summed E-state index contributed by atoms with van der Waals surface area (Å²) in [7, 11) is -3.88. The topological polar surface area (TPSA) is 119 Å². The number of hydrogen-bond donors (Lipinski definition) is 2. The van der Waals surface area contributed by atoms with Crippen LogP contribution in [0, 0.1) is 0 Å². The average Bonchev–Trinajstić information content (AvgIpc) is 3.23. The molecule has 1 aliphatic rings. The number of fused-ring (bicyclic) bond motifs is 1. The summed E-state index contributed by atoms with van der Waals surface area (Å²) in [6.07, 6.45) is 3.68. The van der Waals surface area contributed by atoms with Gasteiger partial charge in [0.05, 0.1) is 23.7 Å². The Morgan fingerprint density at radius 2 is 1.94 bits per heavy atom. The van der Waals surface area contributed by atoms with Crippen molar-refractivity contribution in [2.75, 3.05) is 11.9 Å². The third-order valence-electron chi connectivity index (χ3n) is 5.58. The van der Waals surface area contributed by atoms with Gasteiger partial charge in [-0.2, -0.15) is 5.10 Å². The van der Waals surface area contributed by atoms with E-state index < -0.39 is 16.1 Å². The maximum Gasteiger partial charge on any atom is 0.327 e. The smallest absolute Gasteiger partial charge is 0.327 e. The molecule has 1 unspecified atom stereocenters. The highest BCUT2D eigenvalue weighted by Crippen LogP contribution is 2.31. The van der Waals surface area contributed by atoms with Crippen LogP contribution in [0.5, 0.6) is 0 Å². The molecule has 0 bridgehead atoms. The van der Waals surface area contributed by atoms with E-state index in [0.717, 1.165) is 17.7 Å². The molecular formula is C24H26N4O5S. The second-order valence-corrected chi connectivity index (χ2v) is 9.64. The Morgan fingerprint density at radius 1 is 1.15 bits per heavy atom. The predicted octanol–water partition coefficient (Wildman–Crippen LogP) is 3.05. The van der Waals surface area contributed by atoms with E-state index in [9.17, 15) is 18.0 Å². The number of sulfonamides is 1. The number of benzene rings is 2. The molecule has 1 aliphatic carbocycles. The van der Waals surface area contributed by atoms with Crippen molar-refractivity contribution in [3.63, 3.8) is 0 Å². The number of anilines is 1. The maximum atomic E-state index is 13.2. The van der Waals surface area contributed by atoms with Crippen molar-refractivity contribution in [2.24, 2.45) is 0 Å². The quantitative estimate of drug-likeness (QED) is 0.476. The molecule has 178 valence electrons. The first-order valence-corrected chi connectivity index (χ1v) is 12.5. The van der Waals surface area contributed by atoms with Crippen molar-refractivity contribution in [1.29, 1.82) is 0 Å². The zero-order valence-corrected chi connectivity index (χ0v) is 19.5. The fraction of sp³-hybridized carbons (Fsp3) is 0.292. The summed E-state index contributed by atoms with van der Waals surface area (Å²) in [5.41, 5.74) is 2.44. The summed E-state index contributed by atoms with van der Waals surface area (Å²) in [4.78, 5) is 24.3. The summed E-state index contributed by atoms with van der Waals surface area (Å²) < 4.78 is 35.7. The molecule has 0 saturated heterocycles. The summed E-state index contributed by atoms with van der Waals surface area (Å²) in [6, 6.07) is 14.3. The van der Waals surface area contributed by atoms with Crippen LogP contribution in [0.1, 0.15) is 47.4 Å². The molecule has 2 aromatic carbocycles. The van der Waals surface area contributed by atoms with Gasteiger partial charge in [-0.05, 0) is 56.5 Å². The molecule has 0 aliphatic heterocycles. The lowest BCUT2D eigenvalue weighted by Crippen LogP contribution is -2.31. The van der Waals surface area contributed by atoms with Crippen molar-refractivity contribution in [3.05, 3.63) is 77.6 Å². The minimum Gasteiger partial charge on any atom is -0.465 e. The van der Waals surface area contributed by atoms with Gasteiger partial charge in [-0.25, -0.2) is 13.1 Å². The van der Waals surface area contributed by atoms with E-state index in [0.29, 0.717) is 24.1 Å². The summed E-state index contributed by atoms with van der Waals surface area (Å²) in [5, 5.41) is 7.02. The molecule has 10 heteroatoms. The second kappa shape index (κ2) is 10.2. The SMILES string of the molecule is CCOC(=O)Cn1ncc2c1CCCC2NS(=O)(=O)c1cccc(NC(=O)c2ccccc2)c1. The van der Waals surface area contributed by atoms with Gasteiger partial charge in [0.1, 0.15) is 6.54 Å². The second-order valence-electron chi connectivity index (χ2n) is 7.92. The molecule has 3 aromatic rings. The number of nitrogens with one attached hydrogen (secondary N) is 2. The number of esters is 1. The molecule has 34 heavy (non-hydrogen) atoms. The Kier molecular flexibility index (Phi) is 7.09. The summed E-state index contributed by atoms with van der Waals surface area (Å²) in [6.45, 7) is 2.02. The van der Waals surface area contributed by atoms with E-state index in [4.69, 9.17) is 4.74 Å². The van der Waals surface area contributed by atoms with Crippen LogP contribution in [0.15, 0.2) is 65.7 Å². The number of carbonyl (C=O) groups is 2. The molecule has 1 heterocycles. The van der Waals surface area contributed by atoms with Gasteiger partial charge in [0.2, 0.25) is 10.0 Å². The lowest BCUT2D eigenvalue weighted by molar-refractivity contribution is -0.144. The van der Waals surface area contributed by atoms with Crippen LogP contribution in [0.3, 0.4) is 0 Å². The minimum atomic E-state index is -3.88. The number of carbonyl (C=O) groups excluding carboxylic acids is 2. The maximum absolute atomic E-state index is 13.2. The Balaban J connectivity index is 1.50. The van der Waals surface area contributed by atoms with Crippen LogP contribution in [0.2, 0.25) is 0 Å². The molecule has 4 rings (SSSR count). The first-order valence-electron chi connectivity index (χ1n) is 11.1. The number of nitrogens with zero attached hydrogens (tertiary/aromatic N) is 2. The van der Waals surface area contributed by atoms with Crippen molar-refractivity contribution in [3.8, 4) is 0 Å². The van der Waals surface area contributed by atoms with Crippen LogP contribution in [0.4, 0.5) is 5.69 Å². The molecule has 0 saturated carbocycles. The van der Waals surface area contributed by atoms with Crippen molar-refractivity contribution in [1.82, 2.24) is 14.5 Å². The first kappa shape index (κ1) is 23.7. The predicted molar refractivity (Wildman–Crippen MR) is 126 cm³/mol. The Hall–Kier alpha value is -3.50. The van der Waals surface area contributed by atoms with E-state index in [1.54, 1.807) is 54.2 Å². The molecule has 0 spiro atoms. The van der Waals surface area contributed by atoms with E-state index in [1.807, 2.05) is 6.07 Å². The molecule has 1 aromatic heterocycles. The summed E-state index contributed by atoms with van der Waals surface area (Å²) in [5.74, 6) is -0.709. The third kappa shape index (κ3) is 5.35. The molecule has 1 amide bonds. The molecule has 2 N–H and O–H groups in total. The van der Waals surface area contributed by atoms with Gasteiger partial charge in [-0.15, -0.1) is 0 Å². The van der Waals surface area contributed by atoms with E-state index in [1.165, 1.54) is 12.1 Å². The standard InChI is InChI=1S/C24H26N4O5S/c1-2-33-23(29)16-28-22-13-7-12-21(20(22)15-25-28)27-34(31,32)19-11-6-10-18(14-19)26-24(30)17-8-4-3-5-9-17/h3-6,8-11,14-15,21,27H,2,7,12-13,16H2,1H3,(H,26,30). The Labute approximate surface area is 198 Å². The highest BCUT2D eigenvalue weighted by molar-refractivity contribution is 7.89. The van der Waals surface area contributed by atoms with Gasteiger partial charge in [0, 0.05) is 22.5 Å². The van der Waals surface area contributed by atoms with Crippen LogP contribution >= 0.6 is 0 Å². The van der Waals surface area contributed by atoms with Gasteiger partial charge >= 0.3 is 5.97 Å². The zero-order chi connectivity index (χ0) is 24.1. The molecule has 1 atom stereocenters. The van der Waals surface area contributed by atoms with E-state index >= 15 is 0 Å². The van der Waals surface area contributed by atoms with E-state index in [-0.39, 0.29) is 29.9 Å². The number of ether oxygens (including phenoxy) is 1. The van der Waals surface area contributed by atoms with Gasteiger partial charge in [-0.1, -0.05) is 24.3 Å². The third-order valence-corrected chi connectivity index (χ3v) is 7.05. The number of amides is 1. The molecule has 9 nitrogen and oxygen atoms in total. The first-order chi connectivity index (χ1) is 16.4. The van der Waals surface area contributed by atoms with Crippen LogP contribution in [0.25, 0.3) is 0 Å². The minimum absolute atomic E-state index is 0.00813. The number of rotatable bonds is 8. The van der Waals surface area contributed by atoms with Crippen LogP contribution in [-0.2, 0) is 32.5 Å². The monoisotopic (exact) mass is 482 g/mol. The van der Waals surface area contributed by atoms with Crippen molar-refractivity contribution in [2.45, 2.75) is 43.7 Å². The highest BCUT2D eigenvalue weighted by atomic mass is 32.2. The normalized spacial score (nSPS) is 15.4. The van der Waals surface area contributed by atoms with E-state index in [2.05, 4.69) is 15.1 Å². The molecule has 0 fully saturated rings. The number of hydrogen-bond acceptors (Lipinski definition) is 6. The zero-order valence-electron chi connectivity index (χ0n) is 18.7. The van der Waals surface area contributed by atoms with Gasteiger partial charge < -0.3 is 10.1 Å². The Bertz CT molecular complexity index is 1290. The number of aromatic nitrogens is 2.